The first kappa shape index (κ1) is 21.3. The molecule has 0 spiro atoms. The van der Waals surface area contributed by atoms with Crippen LogP contribution >= 0.6 is 45.2 Å². The van der Waals surface area contributed by atoms with Gasteiger partial charge in [-0.05, 0) is 98.3 Å². The Bertz CT molecular complexity index is 1160. The van der Waals surface area contributed by atoms with E-state index in [2.05, 4.69) is 57.1 Å². The molecule has 0 aliphatic carbocycles. The molecular weight excluding hydrogens is 604 g/mol. The minimum Gasteiger partial charge on any atom is -0.491 e. The fourth-order valence-electron chi connectivity index (χ4n) is 3.13. The second-order valence-electron chi connectivity index (χ2n) is 6.91. The quantitative estimate of drug-likeness (QED) is 0.135. The molecule has 0 fully saturated rings. The van der Waals surface area contributed by atoms with Crippen LogP contribution < -0.4 is 4.74 Å². The smallest absolute Gasteiger partial charge is 0.363 e. The number of nitrogens with zero attached hydrogens (tertiary/aromatic N) is 1. The molecule has 0 aromatic heterocycles. The van der Waals surface area contributed by atoms with Crippen LogP contribution in [0.1, 0.15) is 30.9 Å². The van der Waals surface area contributed by atoms with Crippen molar-refractivity contribution in [2.45, 2.75) is 19.8 Å². The predicted octanol–water partition coefficient (Wildman–Crippen LogP) is 6.57. The number of ether oxygens (including phenoxy) is 2. The summed E-state index contributed by atoms with van der Waals surface area (Å²) < 4.78 is 13.4. The maximum Gasteiger partial charge on any atom is 0.363 e. The van der Waals surface area contributed by atoms with Gasteiger partial charge in [0.25, 0.3) is 0 Å². The minimum absolute atomic E-state index is 0.296. The average Bonchev–Trinajstić information content (AvgIpc) is 3.10. The van der Waals surface area contributed by atoms with E-state index in [1.807, 2.05) is 54.6 Å². The van der Waals surface area contributed by atoms with Gasteiger partial charge < -0.3 is 9.47 Å². The number of cyclic esters (lactones) is 1. The van der Waals surface area contributed by atoms with Gasteiger partial charge in [0.05, 0.1) is 13.7 Å². The van der Waals surface area contributed by atoms with Crippen LogP contribution in [0.4, 0.5) is 0 Å². The van der Waals surface area contributed by atoms with Gasteiger partial charge in [0.15, 0.2) is 5.70 Å². The van der Waals surface area contributed by atoms with Crippen LogP contribution in [0.5, 0.6) is 5.75 Å². The van der Waals surface area contributed by atoms with E-state index in [1.165, 1.54) is 0 Å². The van der Waals surface area contributed by atoms with E-state index in [0.29, 0.717) is 18.2 Å². The Morgan fingerprint density at radius 2 is 1.77 bits per heavy atom. The number of benzene rings is 3. The van der Waals surface area contributed by atoms with Crippen molar-refractivity contribution in [3.8, 4) is 5.75 Å². The van der Waals surface area contributed by atoms with E-state index in [1.54, 1.807) is 6.08 Å². The number of hydrogen-bond acceptors (Lipinski definition) is 4. The molecule has 4 nitrogen and oxygen atoms in total. The van der Waals surface area contributed by atoms with Gasteiger partial charge >= 0.3 is 5.97 Å². The van der Waals surface area contributed by atoms with Crippen LogP contribution in [0, 0.1) is 7.14 Å². The fourth-order valence-corrected chi connectivity index (χ4v) is 5.26. The third kappa shape index (κ3) is 4.69. The number of esters is 1. The van der Waals surface area contributed by atoms with Gasteiger partial charge in [-0.3, -0.25) is 0 Å². The van der Waals surface area contributed by atoms with Crippen molar-refractivity contribution < 1.29 is 14.3 Å². The summed E-state index contributed by atoms with van der Waals surface area (Å²) in [5.74, 6) is 0.786. The Hall–Kier alpha value is -1.94. The van der Waals surface area contributed by atoms with Gasteiger partial charge in [-0.2, -0.15) is 0 Å². The van der Waals surface area contributed by atoms with Crippen LogP contribution in [0.2, 0.25) is 0 Å². The fraction of sp³-hybridized carbons (Fsp3) is 0.167. The van der Waals surface area contributed by atoms with Crippen molar-refractivity contribution in [2.75, 3.05) is 6.61 Å². The highest BCUT2D eigenvalue weighted by atomic mass is 127. The van der Waals surface area contributed by atoms with Crippen molar-refractivity contribution in [3.05, 3.63) is 78.6 Å². The predicted molar refractivity (Wildman–Crippen MR) is 137 cm³/mol. The molecule has 1 aliphatic heterocycles. The highest BCUT2D eigenvalue weighted by Gasteiger charge is 2.24. The minimum atomic E-state index is -0.438. The molecule has 1 aliphatic rings. The van der Waals surface area contributed by atoms with E-state index in [9.17, 15) is 4.79 Å². The normalized spacial score (nSPS) is 14.8. The molecule has 0 N–H and O–H groups in total. The summed E-state index contributed by atoms with van der Waals surface area (Å²) >= 11 is 4.53. The topological polar surface area (TPSA) is 47.9 Å². The number of rotatable bonds is 6. The lowest BCUT2D eigenvalue weighted by molar-refractivity contribution is -0.129. The van der Waals surface area contributed by atoms with Gasteiger partial charge in [-0.15, -0.1) is 0 Å². The third-order valence-corrected chi connectivity index (χ3v) is 6.29. The zero-order chi connectivity index (χ0) is 21.1. The molecular formula is C24H19I2NO3. The summed E-state index contributed by atoms with van der Waals surface area (Å²) in [7, 11) is 0. The largest absolute Gasteiger partial charge is 0.491 e. The van der Waals surface area contributed by atoms with E-state index in [-0.39, 0.29) is 0 Å². The van der Waals surface area contributed by atoms with Crippen molar-refractivity contribution >= 4 is 73.9 Å². The van der Waals surface area contributed by atoms with E-state index in [0.717, 1.165) is 47.6 Å². The zero-order valence-electron chi connectivity index (χ0n) is 16.3. The van der Waals surface area contributed by atoms with Crippen LogP contribution in [0.15, 0.2) is 65.3 Å². The molecule has 0 radical (unpaired) electrons. The monoisotopic (exact) mass is 623 g/mol. The second kappa shape index (κ2) is 9.47. The lowest BCUT2D eigenvalue weighted by atomic mass is 10.1. The molecule has 1 heterocycles. The van der Waals surface area contributed by atoms with E-state index in [4.69, 9.17) is 9.47 Å². The van der Waals surface area contributed by atoms with Gasteiger partial charge in [0.2, 0.25) is 5.90 Å². The lowest BCUT2D eigenvalue weighted by Crippen LogP contribution is -2.05. The summed E-state index contributed by atoms with van der Waals surface area (Å²) in [5.41, 5.74) is 1.97. The van der Waals surface area contributed by atoms with Crippen LogP contribution in [-0.2, 0) is 9.53 Å². The van der Waals surface area contributed by atoms with Crippen molar-refractivity contribution in [1.29, 1.82) is 0 Å². The average molecular weight is 623 g/mol. The summed E-state index contributed by atoms with van der Waals surface area (Å²) in [6.45, 7) is 2.84. The Balaban J connectivity index is 1.61. The first-order valence-corrected chi connectivity index (χ1v) is 11.8. The van der Waals surface area contributed by atoms with Crippen LogP contribution in [0.25, 0.3) is 16.8 Å². The number of halogens is 2. The maximum atomic E-state index is 12.4. The Labute approximate surface area is 202 Å². The van der Waals surface area contributed by atoms with Crippen molar-refractivity contribution in [2.24, 2.45) is 4.99 Å². The molecule has 3 aromatic rings. The molecule has 0 bridgehead atoms. The number of carbonyl (C=O) groups is 1. The Morgan fingerprint density at radius 1 is 1.03 bits per heavy atom. The maximum absolute atomic E-state index is 12.4. The SMILES string of the molecule is CCCCOc1c(I)cc(/C=C2\N=C(c3ccc4ccccc4c3)OC2=O)cc1I. The van der Waals surface area contributed by atoms with Gasteiger partial charge in [0.1, 0.15) is 5.75 Å². The van der Waals surface area contributed by atoms with Crippen LogP contribution in [0.3, 0.4) is 0 Å². The molecule has 0 saturated heterocycles. The molecule has 152 valence electrons. The molecule has 0 atom stereocenters. The number of aliphatic imine (C=N–C) groups is 1. The summed E-state index contributed by atoms with van der Waals surface area (Å²) in [6, 6.07) is 18.0. The number of hydrogen-bond donors (Lipinski definition) is 0. The third-order valence-electron chi connectivity index (χ3n) is 4.69. The van der Waals surface area contributed by atoms with Gasteiger partial charge in [-0.1, -0.05) is 43.7 Å². The second-order valence-corrected chi connectivity index (χ2v) is 9.24. The molecule has 4 rings (SSSR count). The van der Waals surface area contributed by atoms with Crippen molar-refractivity contribution in [1.82, 2.24) is 0 Å². The van der Waals surface area contributed by atoms with E-state index < -0.39 is 5.97 Å². The van der Waals surface area contributed by atoms with Gasteiger partial charge in [0, 0.05) is 5.56 Å². The highest BCUT2D eigenvalue weighted by Crippen LogP contribution is 2.31. The van der Waals surface area contributed by atoms with Gasteiger partial charge in [-0.25, -0.2) is 9.79 Å². The summed E-state index contributed by atoms with van der Waals surface area (Å²) in [4.78, 5) is 16.9. The first-order chi connectivity index (χ1) is 14.5. The Morgan fingerprint density at radius 3 is 2.50 bits per heavy atom. The van der Waals surface area contributed by atoms with E-state index >= 15 is 0 Å². The molecule has 6 heteroatoms. The Kier molecular flexibility index (Phi) is 6.72. The number of unbranched alkanes of at least 4 members (excludes halogenated alkanes) is 1. The molecule has 3 aromatic carbocycles. The lowest BCUT2D eigenvalue weighted by Gasteiger charge is -2.11. The first-order valence-electron chi connectivity index (χ1n) is 9.68. The number of fused-ring (bicyclic) bond motifs is 1. The molecule has 0 unspecified atom stereocenters. The number of carbonyl (C=O) groups excluding carboxylic acids is 1. The van der Waals surface area contributed by atoms with Crippen molar-refractivity contribution in [3.63, 3.8) is 0 Å². The molecule has 0 amide bonds. The highest BCUT2D eigenvalue weighted by molar-refractivity contribution is 14.1. The standard InChI is InChI=1S/C24H19I2NO3/c1-2-3-10-29-22-19(25)11-15(12-20(22)26)13-21-24(28)30-23(27-21)18-9-8-16-6-4-5-7-17(16)14-18/h4-9,11-14H,2-3,10H2,1H3/b21-13-. The van der Waals surface area contributed by atoms with Crippen LogP contribution in [-0.4, -0.2) is 18.5 Å². The zero-order valence-corrected chi connectivity index (χ0v) is 20.6. The summed E-state index contributed by atoms with van der Waals surface area (Å²) in [5, 5.41) is 2.21. The molecule has 30 heavy (non-hydrogen) atoms. The molecule has 0 saturated carbocycles. The summed E-state index contributed by atoms with van der Waals surface area (Å²) in [6.07, 6.45) is 3.88.